The van der Waals surface area contributed by atoms with Crippen LogP contribution in [0.5, 0.6) is 0 Å². The van der Waals surface area contributed by atoms with Gasteiger partial charge >= 0.3 is 5.69 Å². The Bertz CT molecular complexity index is 747. The number of benzene rings is 1. The molecule has 1 aliphatic rings. The van der Waals surface area contributed by atoms with E-state index in [2.05, 4.69) is 38.1 Å². The van der Waals surface area contributed by atoms with E-state index in [-0.39, 0.29) is 11.5 Å². The van der Waals surface area contributed by atoms with Gasteiger partial charge in [0.15, 0.2) is 0 Å². The molecule has 2 aromatic rings. The fraction of sp³-hybridized carbons (Fsp3) is 0.375. The van der Waals surface area contributed by atoms with Gasteiger partial charge in [0.05, 0.1) is 10.6 Å². The maximum atomic E-state index is 11.7. The molecule has 0 bridgehead atoms. The Morgan fingerprint density at radius 1 is 1.29 bits per heavy atom. The summed E-state index contributed by atoms with van der Waals surface area (Å²) in [6, 6.07) is 7.43. The first kappa shape index (κ1) is 16.6. The Morgan fingerprint density at radius 2 is 2.00 bits per heavy atom. The molecule has 7 nitrogen and oxygen atoms in total. The van der Waals surface area contributed by atoms with E-state index in [1.54, 1.807) is 0 Å². The Kier molecular flexibility index (Phi) is 4.94. The summed E-state index contributed by atoms with van der Waals surface area (Å²) in [6.07, 6.45) is 3.39. The molecule has 1 aromatic carbocycles. The summed E-state index contributed by atoms with van der Waals surface area (Å²) >= 11 is 3.43. The van der Waals surface area contributed by atoms with Gasteiger partial charge in [0.2, 0.25) is 11.6 Å². The predicted molar refractivity (Wildman–Crippen MR) is 96.7 cm³/mol. The number of rotatable bonds is 4. The van der Waals surface area contributed by atoms with Crippen LogP contribution in [-0.2, 0) is 0 Å². The number of halogens is 1. The maximum absolute atomic E-state index is 11.7. The van der Waals surface area contributed by atoms with E-state index in [0.717, 1.165) is 36.1 Å². The molecular weight excluding hydrogens is 374 g/mol. The van der Waals surface area contributed by atoms with Gasteiger partial charge in [0.25, 0.3) is 0 Å². The van der Waals surface area contributed by atoms with Crippen LogP contribution in [0.4, 0.5) is 23.0 Å². The van der Waals surface area contributed by atoms with Gasteiger partial charge in [-0.2, -0.15) is 0 Å². The van der Waals surface area contributed by atoms with Gasteiger partial charge in [-0.3, -0.25) is 10.1 Å². The fourth-order valence-corrected chi connectivity index (χ4v) is 3.15. The van der Waals surface area contributed by atoms with E-state index in [1.807, 2.05) is 29.2 Å². The first-order chi connectivity index (χ1) is 11.6. The second-order valence-corrected chi connectivity index (χ2v) is 6.78. The van der Waals surface area contributed by atoms with Gasteiger partial charge < -0.3 is 10.2 Å². The van der Waals surface area contributed by atoms with Crippen molar-refractivity contribution in [1.82, 2.24) is 9.97 Å². The second kappa shape index (κ2) is 7.12. The lowest BCUT2D eigenvalue weighted by atomic mass is 9.99. The van der Waals surface area contributed by atoms with Crippen molar-refractivity contribution in [3.63, 3.8) is 0 Å². The molecule has 1 aliphatic heterocycles. The molecule has 0 spiro atoms. The first-order valence-electron chi connectivity index (χ1n) is 7.82. The lowest BCUT2D eigenvalue weighted by Crippen LogP contribution is -2.34. The highest BCUT2D eigenvalue weighted by Gasteiger charge is 2.29. The number of nitro groups is 1. The zero-order valence-corrected chi connectivity index (χ0v) is 14.9. The summed E-state index contributed by atoms with van der Waals surface area (Å²) in [5.74, 6) is 1.23. The molecular formula is C16H18BrN5O2. The fourth-order valence-electron chi connectivity index (χ4n) is 2.77. The van der Waals surface area contributed by atoms with Crippen LogP contribution in [0.1, 0.15) is 19.8 Å². The van der Waals surface area contributed by atoms with Crippen molar-refractivity contribution in [2.24, 2.45) is 5.92 Å². The standard InChI is InChI=1S/C16H18BrN5O2/c1-11-6-8-21(9-7-11)16-14(22(23)24)15(18-10-19-16)20-13-5-3-2-4-12(13)17/h2-5,10-11H,6-9H2,1H3,(H,18,19,20). The van der Waals surface area contributed by atoms with Crippen LogP contribution in [0.15, 0.2) is 35.1 Å². The van der Waals surface area contributed by atoms with Crippen molar-refractivity contribution in [3.05, 3.63) is 45.2 Å². The van der Waals surface area contributed by atoms with E-state index in [1.165, 1.54) is 6.33 Å². The van der Waals surface area contributed by atoms with Crippen molar-refractivity contribution in [1.29, 1.82) is 0 Å². The summed E-state index contributed by atoms with van der Waals surface area (Å²) in [5, 5.41) is 14.7. The molecule has 0 atom stereocenters. The third-order valence-corrected chi connectivity index (χ3v) is 4.89. The molecule has 8 heteroatoms. The van der Waals surface area contributed by atoms with Crippen LogP contribution in [0.3, 0.4) is 0 Å². The highest BCUT2D eigenvalue weighted by molar-refractivity contribution is 9.10. The molecule has 0 unspecified atom stereocenters. The molecule has 3 rings (SSSR count). The van der Waals surface area contributed by atoms with Crippen LogP contribution in [0.2, 0.25) is 0 Å². The molecule has 0 aliphatic carbocycles. The summed E-state index contributed by atoms with van der Waals surface area (Å²) in [7, 11) is 0. The van der Waals surface area contributed by atoms with Gasteiger partial charge in [-0.1, -0.05) is 19.1 Å². The Hall–Kier alpha value is -2.22. The normalized spacial score (nSPS) is 15.3. The summed E-state index contributed by atoms with van der Waals surface area (Å²) in [4.78, 5) is 21.5. The van der Waals surface area contributed by atoms with Crippen LogP contribution in [0.25, 0.3) is 0 Å². The number of nitrogens with zero attached hydrogens (tertiary/aromatic N) is 4. The minimum Gasteiger partial charge on any atom is -0.351 e. The predicted octanol–water partition coefficient (Wildman–Crippen LogP) is 4.13. The third kappa shape index (κ3) is 3.48. The Labute approximate surface area is 148 Å². The van der Waals surface area contributed by atoms with Crippen LogP contribution >= 0.6 is 15.9 Å². The largest absolute Gasteiger partial charge is 0.353 e. The lowest BCUT2D eigenvalue weighted by molar-refractivity contribution is -0.383. The van der Waals surface area contributed by atoms with Crippen molar-refractivity contribution in [2.45, 2.75) is 19.8 Å². The summed E-state index contributed by atoms with van der Waals surface area (Å²) < 4.78 is 0.811. The van der Waals surface area contributed by atoms with Crippen molar-refractivity contribution < 1.29 is 4.92 Å². The van der Waals surface area contributed by atoms with Crippen LogP contribution in [0, 0.1) is 16.0 Å². The monoisotopic (exact) mass is 391 g/mol. The quantitative estimate of drug-likeness (QED) is 0.622. The smallest absolute Gasteiger partial charge is 0.351 e. The summed E-state index contributed by atoms with van der Waals surface area (Å²) in [6.45, 7) is 3.74. The molecule has 126 valence electrons. The summed E-state index contributed by atoms with van der Waals surface area (Å²) in [5.41, 5.74) is 0.639. The van der Waals surface area contributed by atoms with Gasteiger partial charge in [-0.25, -0.2) is 9.97 Å². The maximum Gasteiger partial charge on any atom is 0.353 e. The van der Waals surface area contributed by atoms with Crippen molar-refractivity contribution in [3.8, 4) is 0 Å². The van der Waals surface area contributed by atoms with Crippen molar-refractivity contribution >= 4 is 38.9 Å². The van der Waals surface area contributed by atoms with Gasteiger partial charge in [-0.15, -0.1) is 0 Å². The van der Waals surface area contributed by atoms with Crippen molar-refractivity contribution in [2.75, 3.05) is 23.3 Å². The lowest BCUT2D eigenvalue weighted by Gasteiger charge is -2.30. The van der Waals surface area contributed by atoms with E-state index in [4.69, 9.17) is 0 Å². The number of hydrogen-bond acceptors (Lipinski definition) is 6. The van der Waals surface area contributed by atoms with E-state index in [9.17, 15) is 10.1 Å². The van der Waals surface area contributed by atoms with Gasteiger partial charge in [-0.05, 0) is 46.8 Å². The third-order valence-electron chi connectivity index (χ3n) is 4.20. The zero-order chi connectivity index (χ0) is 17.1. The average Bonchev–Trinajstić information content (AvgIpc) is 2.57. The molecule has 1 N–H and O–H groups in total. The topological polar surface area (TPSA) is 84.2 Å². The minimum atomic E-state index is -0.410. The molecule has 1 aromatic heterocycles. The molecule has 1 saturated heterocycles. The number of anilines is 3. The van der Waals surface area contributed by atoms with Gasteiger partial charge in [0, 0.05) is 17.6 Å². The second-order valence-electron chi connectivity index (χ2n) is 5.93. The Balaban J connectivity index is 1.97. The molecule has 24 heavy (non-hydrogen) atoms. The van der Waals surface area contributed by atoms with E-state index >= 15 is 0 Å². The number of para-hydroxylation sites is 1. The molecule has 2 heterocycles. The molecule has 1 fully saturated rings. The van der Waals surface area contributed by atoms with E-state index in [0.29, 0.717) is 11.7 Å². The number of hydrogen-bond donors (Lipinski definition) is 1. The minimum absolute atomic E-state index is 0.0807. The highest BCUT2D eigenvalue weighted by Crippen LogP contribution is 2.36. The highest BCUT2D eigenvalue weighted by atomic mass is 79.9. The van der Waals surface area contributed by atoms with E-state index < -0.39 is 4.92 Å². The van der Waals surface area contributed by atoms with Crippen LogP contribution < -0.4 is 10.2 Å². The zero-order valence-electron chi connectivity index (χ0n) is 13.3. The SMILES string of the molecule is CC1CCN(c2ncnc(Nc3ccccc3Br)c2[N+](=O)[O-])CC1. The van der Waals surface area contributed by atoms with Crippen LogP contribution in [-0.4, -0.2) is 28.0 Å². The average molecular weight is 392 g/mol. The van der Waals surface area contributed by atoms with Gasteiger partial charge in [0.1, 0.15) is 6.33 Å². The number of piperidine rings is 1. The number of aromatic nitrogens is 2. The molecule has 0 radical (unpaired) electrons. The molecule has 0 saturated carbocycles. The first-order valence-corrected chi connectivity index (χ1v) is 8.61. The molecule has 0 amide bonds. The number of nitrogens with one attached hydrogen (secondary N) is 1. The Morgan fingerprint density at radius 3 is 2.67 bits per heavy atom.